The molecule has 0 aromatic carbocycles. The second-order valence-electron chi connectivity index (χ2n) is 6.51. The molecule has 5 nitrogen and oxygen atoms in total. The van der Waals surface area contributed by atoms with Gasteiger partial charge in [-0.05, 0) is 38.1 Å². The van der Waals surface area contributed by atoms with Crippen molar-refractivity contribution in [1.82, 2.24) is 13.9 Å². The van der Waals surface area contributed by atoms with Gasteiger partial charge in [-0.25, -0.2) is 0 Å². The molecule has 2 fully saturated rings. The normalized spacial score (nSPS) is 30.2. The molecule has 2 atom stereocenters. The quantitative estimate of drug-likeness (QED) is 0.841. The molecule has 2 rings (SSSR count). The first-order chi connectivity index (χ1) is 10.1. The Morgan fingerprint density at radius 1 is 1.05 bits per heavy atom. The lowest BCUT2D eigenvalue weighted by Gasteiger charge is -2.38. The van der Waals surface area contributed by atoms with Crippen molar-refractivity contribution in [3.8, 4) is 0 Å². The molecular formula is C15H31N3O2S. The van der Waals surface area contributed by atoms with Crippen molar-refractivity contribution >= 4 is 10.2 Å². The number of hydrogen-bond donors (Lipinski definition) is 1. The topological polar surface area (TPSA) is 52.7 Å². The zero-order chi connectivity index (χ0) is 15.3. The van der Waals surface area contributed by atoms with Crippen molar-refractivity contribution in [2.24, 2.45) is 5.92 Å². The fourth-order valence-corrected chi connectivity index (χ4v) is 5.19. The molecule has 0 spiro atoms. The zero-order valence-electron chi connectivity index (χ0n) is 13.6. The fourth-order valence-electron chi connectivity index (χ4n) is 3.39. The third kappa shape index (κ3) is 4.41. The summed E-state index contributed by atoms with van der Waals surface area (Å²) >= 11 is 0. The second-order valence-corrected chi connectivity index (χ2v) is 8.43. The van der Waals surface area contributed by atoms with Crippen LogP contribution in [0.25, 0.3) is 0 Å². The smallest absolute Gasteiger partial charge is 0.281 e. The summed E-state index contributed by atoms with van der Waals surface area (Å²) in [4.78, 5) is 0. The summed E-state index contributed by atoms with van der Waals surface area (Å²) in [5.74, 6) is 0.382. The molecule has 0 aliphatic carbocycles. The molecule has 0 radical (unpaired) electrons. The largest absolute Gasteiger partial charge is 0.314 e. The fraction of sp³-hybridized carbons (Fsp3) is 1.00. The molecule has 0 bridgehead atoms. The Morgan fingerprint density at radius 3 is 2.29 bits per heavy atom. The van der Waals surface area contributed by atoms with Crippen molar-refractivity contribution in [3.05, 3.63) is 0 Å². The summed E-state index contributed by atoms with van der Waals surface area (Å²) in [5, 5.41) is 3.55. The van der Waals surface area contributed by atoms with Crippen LogP contribution in [0, 0.1) is 5.92 Å². The molecule has 0 amide bonds. The van der Waals surface area contributed by atoms with Gasteiger partial charge in [0, 0.05) is 32.2 Å². The Hall–Kier alpha value is -0.170. The summed E-state index contributed by atoms with van der Waals surface area (Å²) < 4.78 is 29.0. The minimum absolute atomic E-state index is 0.382. The van der Waals surface area contributed by atoms with E-state index in [9.17, 15) is 8.42 Å². The molecule has 0 saturated carbocycles. The van der Waals surface area contributed by atoms with Crippen molar-refractivity contribution in [2.45, 2.75) is 58.4 Å². The average molecular weight is 317 g/mol. The van der Waals surface area contributed by atoms with E-state index in [0.29, 0.717) is 38.1 Å². The third-order valence-corrected chi connectivity index (χ3v) is 6.74. The Kier molecular flexibility index (Phi) is 6.47. The molecule has 1 N–H and O–H groups in total. The molecule has 2 unspecified atom stereocenters. The maximum atomic E-state index is 12.8. The molecule has 124 valence electrons. The molecule has 2 aliphatic heterocycles. The van der Waals surface area contributed by atoms with Gasteiger partial charge in [-0.3, -0.25) is 0 Å². The first kappa shape index (κ1) is 17.2. The van der Waals surface area contributed by atoms with Gasteiger partial charge in [0.1, 0.15) is 0 Å². The van der Waals surface area contributed by atoms with Crippen molar-refractivity contribution in [2.75, 3.05) is 32.7 Å². The van der Waals surface area contributed by atoms with E-state index in [1.54, 1.807) is 8.61 Å². The molecule has 0 aromatic heterocycles. The van der Waals surface area contributed by atoms with Crippen molar-refractivity contribution in [1.29, 1.82) is 0 Å². The number of nitrogens with one attached hydrogen (secondary N) is 1. The van der Waals surface area contributed by atoms with Crippen LogP contribution in [0.1, 0.15) is 52.4 Å². The van der Waals surface area contributed by atoms with E-state index in [1.807, 2.05) is 0 Å². The highest BCUT2D eigenvalue weighted by molar-refractivity contribution is 7.86. The lowest BCUT2D eigenvalue weighted by Crippen LogP contribution is -2.53. The highest BCUT2D eigenvalue weighted by Gasteiger charge is 2.35. The molecule has 0 aromatic rings. The molecular weight excluding hydrogens is 286 g/mol. The highest BCUT2D eigenvalue weighted by Crippen LogP contribution is 2.23. The first-order valence-electron chi connectivity index (χ1n) is 8.54. The van der Waals surface area contributed by atoms with E-state index in [4.69, 9.17) is 0 Å². The van der Waals surface area contributed by atoms with Crippen LogP contribution in [0.2, 0.25) is 0 Å². The van der Waals surface area contributed by atoms with E-state index >= 15 is 0 Å². The maximum Gasteiger partial charge on any atom is 0.281 e. The lowest BCUT2D eigenvalue weighted by atomic mass is 9.95. The van der Waals surface area contributed by atoms with Gasteiger partial charge in [0.15, 0.2) is 0 Å². The standard InChI is InChI=1S/C15H31N3O2S/c1-3-9-16-15-8-12-18(13-14(15)2)21(19,20)17-10-6-4-5-7-11-17/h14-16H,3-13H2,1-2H3. The van der Waals surface area contributed by atoms with Gasteiger partial charge in [-0.2, -0.15) is 17.0 Å². The van der Waals surface area contributed by atoms with Crippen LogP contribution in [0.3, 0.4) is 0 Å². The molecule has 6 heteroatoms. The monoisotopic (exact) mass is 317 g/mol. The third-order valence-electron chi connectivity index (χ3n) is 4.74. The van der Waals surface area contributed by atoms with Crippen LogP contribution in [0.15, 0.2) is 0 Å². The Labute approximate surface area is 130 Å². The molecule has 2 aliphatic rings. The van der Waals surface area contributed by atoms with Crippen LogP contribution in [0.4, 0.5) is 0 Å². The van der Waals surface area contributed by atoms with E-state index in [1.165, 1.54) is 0 Å². The van der Waals surface area contributed by atoms with Gasteiger partial charge in [-0.1, -0.05) is 26.7 Å². The van der Waals surface area contributed by atoms with Gasteiger partial charge >= 0.3 is 0 Å². The highest BCUT2D eigenvalue weighted by atomic mass is 32.2. The number of rotatable bonds is 5. The van der Waals surface area contributed by atoms with E-state index in [2.05, 4.69) is 19.2 Å². The minimum atomic E-state index is -3.25. The van der Waals surface area contributed by atoms with E-state index in [0.717, 1.165) is 45.1 Å². The minimum Gasteiger partial charge on any atom is -0.314 e. The van der Waals surface area contributed by atoms with Crippen LogP contribution in [-0.4, -0.2) is 55.8 Å². The zero-order valence-corrected chi connectivity index (χ0v) is 14.4. The van der Waals surface area contributed by atoms with Gasteiger partial charge in [-0.15, -0.1) is 0 Å². The summed E-state index contributed by atoms with van der Waals surface area (Å²) in [6.45, 7) is 8.06. The number of piperidine rings is 1. The van der Waals surface area contributed by atoms with Crippen LogP contribution < -0.4 is 5.32 Å². The van der Waals surface area contributed by atoms with Crippen LogP contribution in [0.5, 0.6) is 0 Å². The van der Waals surface area contributed by atoms with Crippen molar-refractivity contribution < 1.29 is 8.42 Å². The summed E-state index contributed by atoms with van der Waals surface area (Å²) in [6, 6.07) is 0.459. The number of nitrogens with zero attached hydrogens (tertiary/aromatic N) is 2. The van der Waals surface area contributed by atoms with Gasteiger partial charge < -0.3 is 5.32 Å². The number of hydrogen-bond acceptors (Lipinski definition) is 3. The predicted molar refractivity (Wildman–Crippen MR) is 86.4 cm³/mol. The predicted octanol–water partition coefficient (Wildman–Crippen LogP) is 1.82. The average Bonchev–Trinajstić information content (AvgIpc) is 2.75. The van der Waals surface area contributed by atoms with Gasteiger partial charge in [0.05, 0.1) is 0 Å². The maximum absolute atomic E-state index is 12.8. The Bertz CT molecular complexity index is 405. The van der Waals surface area contributed by atoms with E-state index < -0.39 is 10.2 Å². The van der Waals surface area contributed by atoms with Crippen molar-refractivity contribution in [3.63, 3.8) is 0 Å². The van der Waals surface area contributed by atoms with E-state index in [-0.39, 0.29) is 0 Å². The summed E-state index contributed by atoms with van der Waals surface area (Å²) in [5.41, 5.74) is 0. The SMILES string of the molecule is CCCNC1CCN(S(=O)(=O)N2CCCCCC2)CC1C. The van der Waals surface area contributed by atoms with Crippen LogP contribution >= 0.6 is 0 Å². The lowest BCUT2D eigenvalue weighted by molar-refractivity contribution is 0.209. The second kappa shape index (κ2) is 7.90. The Morgan fingerprint density at radius 2 is 1.71 bits per heavy atom. The molecule has 2 saturated heterocycles. The first-order valence-corrected chi connectivity index (χ1v) is 9.94. The summed E-state index contributed by atoms with van der Waals surface area (Å²) in [7, 11) is -3.25. The van der Waals surface area contributed by atoms with Gasteiger partial charge in [0.2, 0.25) is 0 Å². The van der Waals surface area contributed by atoms with Crippen LogP contribution in [-0.2, 0) is 10.2 Å². The Balaban J connectivity index is 1.95. The summed E-state index contributed by atoms with van der Waals surface area (Å²) in [6.07, 6.45) is 6.37. The molecule has 2 heterocycles. The van der Waals surface area contributed by atoms with Gasteiger partial charge in [0.25, 0.3) is 10.2 Å². The molecule has 21 heavy (non-hydrogen) atoms.